The average Bonchev–Trinajstić information content (AvgIpc) is 3.21. The lowest BCUT2D eigenvalue weighted by molar-refractivity contribution is 0.0706. The van der Waals surface area contributed by atoms with Crippen LogP contribution in [0.5, 0.6) is 5.75 Å². The second kappa shape index (κ2) is 7.37. The van der Waals surface area contributed by atoms with Gasteiger partial charge >= 0.3 is 0 Å². The number of carbonyl (C=O) groups excluding carboxylic acids is 1. The number of aliphatic hydroxyl groups excluding tert-OH is 1. The van der Waals surface area contributed by atoms with E-state index in [9.17, 15) is 15.0 Å². The summed E-state index contributed by atoms with van der Waals surface area (Å²) < 4.78 is 0. The Hall–Kier alpha value is -2.54. The van der Waals surface area contributed by atoms with Crippen molar-refractivity contribution in [3.63, 3.8) is 0 Å². The molecule has 1 aliphatic rings. The van der Waals surface area contributed by atoms with E-state index in [1.807, 2.05) is 26.0 Å². The minimum absolute atomic E-state index is 0.117. The molecule has 4 rings (SSSR count). The molecule has 0 aliphatic carbocycles. The van der Waals surface area contributed by atoms with Crippen molar-refractivity contribution < 1.29 is 15.0 Å². The molecule has 0 unspecified atom stereocenters. The van der Waals surface area contributed by atoms with Gasteiger partial charge < -0.3 is 15.1 Å². The van der Waals surface area contributed by atoms with Gasteiger partial charge in [0.15, 0.2) is 0 Å². The van der Waals surface area contributed by atoms with Gasteiger partial charge in [0.25, 0.3) is 5.91 Å². The third-order valence-corrected chi connectivity index (χ3v) is 5.90. The van der Waals surface area contributed by atoms with Crippen molar-refractivity contribution in [3.05, 3.63) is 68.3 Å². The molecule has 8 heteroatoms. The van der Waals surface area contributed by atoms with Crippen molar-refractivity contribution in [2.75, 3.05) is 13.2 Å². The number of benzene rings is 2. The van der Waals surface area contributed by atoms with Crippen LogP contribution in [0, 0.1) is 13.8 Å². The Bertz CT molecular complexity index is 1130. The van der Waals surface area contributed by atoms with Crippen molar-refractivity contribution in [3.8, 4) is 17.0 Å². The van der Waals surface area contributed by atoms with Crippen molar-refractivity contribution in [2.45, 2.75) is 19.9 Å². The number of aliphatic hydroxyl groups is 1. The summed E-state index contributed by atoms with van der Waals surface area (Å²) in [4.78, 5) is 14.6. The van der Waals surface area contributed by atoms with Crippen LogP contribution in [0.1, 0.15) is 38.8 Å². The number of β-amino-alcohol motifs (C(OH)–C–C–N with tert-alkyl or cyclic N) is 1. The van der Waals surface area contributed by atoms with Gasteiger partial charge in [-0.3, -0.25) is 9.89 Å². The molecule has 1 atom stereocenters. The summed E-state index contributed by atoms with van der Waals surface area (Å²) in [5, 5.41) is 28.1. The highest BCUT2D eigenvalue weighted by atomic mass is 35.5. The molecule has 150 valence electrons. The first kappa shape index (κ1) is 19.8. The second-order valence-corrected chi connectivity index (χ2v) is 7.95. The Labute approximate surface area is 177 Å². The normalized spacial score (nSPS) is 15.8. The Morgan fingerprint density at radius 2 is 1.93 bits per heavy atom. The molecule has 2 heterocycles. The van der Waals surface area contributed by atoms with Crippen molar-refractivity contribution in [1.29, 1.82) is 0 Å². The molecular formula is C21H19Cl2N3O3. The van der Waals surface area contributed by atoms with Crippen LogP contribution in [0.15, 0.2) is 30.3 Å². The van der Waals surface area contributed by atoms with E-state index in [-0.39, 0.29) is 24.8 Å². The quantitative estimate of drug-likeness (QED) is 0.575. The number of aromatic nitrogens is 2. The van der Waals surface area contributed by atoms with E-state index in [2.05, 4.69) is 10.2 Å². The van der Waals surface area contributed by atoms with Crippen LogP contribution >= 0.6 is 23.2 Å². The van der Waals surface area contributed by atoms with Crippen molar-refractivity contribution in [2.24, 2.45) is 0 Å². The Kier molecular flexibility index (Phi) is 5.02. The first-order valence-corrected chi connectivity index (χ1v) is 9.84. The minimum Gasteiger partial charge on any atom is -0.507 e. The van der Waals surface area contributed by atoms with Crippen LogP contribution in [0.25, 0.3) is 11.3 Å². The highest BCUT2D eigenvalue weighted by Gasteiger charge is 2.42. The number of aryl methyl sites for hydroxylation is 2. The maximum atomic E-state index is 13.0. The number of phenols is 1. The Balaban J connectivity index is 1.95. The zero-order chi connectivity index (χ0) is 20.9. The number of rotatable bonds is 4. The molecule has 1 amide bonds. The maximum absolute atomic E-state index is 13.0. The summed E-state index contributed by atoms with van der Waals surface area (Å²) in [6, 6.07) is 8.37. The largest absolute Gasteiger partial charge is 0.507 e. The van der Waals surface area contributed by atoms with Gasteiger partial charge in [-0.1, -0.05) is 35.3 Å². The highest BCUT2D eigenvalue weighted by molar-refractivity contribution is 6.42. The third kappa shape index (κ3) is 3.17. The van der Waals surface area contributed by atoms with Crippen LogP contribution in [0.3, 0.4) is 0 Å². The number of amides is 1. The highest BCUT2D eigenvalue weighted by Crippen LogP contribution is 2.45. The minimum atomic E-state index is -0.520. The number of phenolic OH excluding ortho intramolecular Hbond substituents is 1. The van der Waals surface area contributed by atoms with Crippen LogP contribution in [0.2, 0.25) is 10.0 Å². The summed E-state index contributed by atoms with van der Waals surface area (Å²) in [6.07, 6.45) is 0. The topological polar surface area (TPSA) is 89.5 Å². The SMILES string of the molecule is Cc1cc(C)c(O)c(-c2n[nH]c3c2[C@H](c2ccc(Cl)c(Cl)c2)N(CCO)C3=O)c1. The number of nitrogens with zero attached hydrogens (tertiary/aromatic N) is 2. The van der Waals surface area contributed by atoms with Crippen LogP contribution < -0.4 is 0 Å². The first-order chi connectivity index (χ1) is 13.8. The lowest BCUT2D eigenvalue weighted by Crippen LogP contribution is -2.32. The number of aromatic amines is 1. The van der Waals surface area contributed by atoms with Crippen LogP contribution in [-0.2, 0) is 0 Å². The fraction of sp³-hybridized carbons (Fsp3) is 0.238. The number of aromatic hydroxyl groups is 1. The molecule has 0 saturated heterocycles. The lowest BCUT2D eigenvalue weighted by Gasteiger charge is -2.26. The predicted octanol–water partition coefficient (Wildman–Crippen LogP) is 4.24. The maximum Gasteiger partial charge on any atom is 0.273 e. The van der Waals surface area contributed by atoms with E-state index in [1.54, 1.807) is 23.1 Å². The smallest absolute Gasteiger partial charge is 0.273 e. The zero-order valence-corrected chi connectivity index (χ0v) is 17.3. The Morgan fingerprint density at radius 1 is 1.17 bits per heavy atom. The molecular weight excluding hydrogens is 413 g/mol. The molecule has 0 spiro atoms. The van der Waals surface area contributed by atoms with E-state index in [4.69, 9.17) is 23.2 Å². The van der Waals surface area contributed by atoms with Crippen molar-refractivity contribution >= 4 is 29.1 Å². The second-order valence-electron chi connectivity index (χ2n) is 7.14. The Morgan fingerprint density at radius 3 is 2.62 bits per heavy atom. The standard InChI is InChI=1S/C21H19Cl2N3O3/c1-10-7-11(2)20(28)13(8-10)17-16-18(25-24-17)21(29)26(5-6-27)19(16)12-3-4-14(22)15(23)9-12/h3-4,7-9,19,27-28H,5-6H2,1-2H3,(H,24,25)/t19-/m0/s1. The fourth-order valence-corrected chi connectivity index (χ4v) is 4.22. The van der Waals surface area contributed by atoms with Gasteiger partial charge in [-0.15, -0.1) is 0 Å². The van der Waals surface area contributed by atoms with Crippen LogP contribution in [0.4, 0.5) is 0 Å². The summed E-state index contributed by atoms with van der Waals surface area (Å²) >= 11 is 12.3. The van der Waals surface area contributed by atoms with Gasteiger partial charge in [0.1, 0.15) is 17.1 Å². The molecule has 29 heavy (non-hydrogen) atoms. The summed E-state index contributed by atoms with van der Waals surface area (Å²) in [7, 11) is 0. The number of halogens is 2. The molecule has 0 saturated carbocycles. The van der Waals surface area contributed by atoms with Gasteiger partial charge in [-0.05, 0) is 48.7 Å². The number of hydrogen-bond donors (Lipinski definition) is 3. The van der Waals surface area contributed by atoms with E-state index < -0.39 is 6.04 Å². The van der Waals surface area contributed by atoms with Gasteiger partial charge in [-0.25, -0.2) is 0 Å². The molecule has 6 nitrogen and oxygen atoms in total. The monoisotopic (exact) mass is 431 g/mol. The molecule has 3 aromatic rings. The van der Waals surface area contributed by atoms with Gasteiger partial charge in [0, 0.05) is 17.7 Å². The third-order valence-electron chi connectivity index (χ3n) is 5.16. The number of carbonyl (C=O) groups is 1. The number of nitrogens with one attached hydrogen (secondary N) is 1. The van der Waals surface area contributed by atoms with E-state index in [0.29, 0.717) is 32.6 Å². The van der Waals surface area contributed by atoms with Gasteiger partial charge in [0.05, 0.1) is 22.7 Å². The summed E-state index contributed by atoms with van der Waals surface area (Å²) in [5.74, 6) is -0.154. The van der Waals surface area contributed by atoms with Gasteiger partial charge in [0.2, 0.25) is 0 Å². The summed E-state index contributed by atoms with van der Waals surface area (Å²) in [5.41, 5.74) is 4.45. The number of hydrogen-bond acceptors (Lipinski definition) is 4. The predicted molar refractivity (Wildman–Crippen MR) is 112 cm³/mol. The average molecular weight is 432 g/mol. The van der Waals surface area contributed by atoms with E-state index in [0.717, 1.165) is 16.7 Å². The summed E-state index contributed by atoms with van der Waals surface area (Å²) in [6.45, 7) is 3.71. The molecule has 1 aromatic heterocycles. The number of H-pyrrole nitrogens is 1. The fourth-order valence-electron chi connectivity index (χ4n) is 3.91. The van der Waals surface area contributed by atoms with E-state index >= 15 is 0 Å². The lowest BCUT2D eigenvalue weighted by atomic mass is 9.94. The molecule has 0 bridgehead atoms. The molecule has 0 fully saturated rings. The molecule has 3 N–H and O–H groups in total. The molecule has 1 aliphatic heterocycles. The zero-order valence-electron chi connectivity index (χ0n) is 15.8. The molecule has 2 aromatic carbocycles. The molecule has 0 radical (unpaired) electrons. The van der Waals surface area contributed by atoms with Crippen molar-refractivity contribution in [1.82, 2.24) is 15.1 Å². The van der Waals surface area contributed by atoms with Gasteiger partial charge in [-0.2, -0.15) is 5.10 Å². The van der Waals surface area contributed by atoms with E-state index in [1.165, 1.54) is 0 Å². The first-order valence-electron chi connectivity index (χ1n) is 9.09. The number of fused-ring (bicyclic) bond motifs is 1. The van der Waals surface area contributed by atoms with Crippen LogP contribution in [-0.4, -0.2) is 44.4 Å².